The van der Waals surface area contributed by atoms with Gasteiger partial charge in [0.05, 0.1) is 12.0 Å². The molecule has 12 nitrogen and oxygen atoms in total. The highest BCUT2D eigenvalue weighted by Gasteiger charge is 2.47. The Bertz CT molecular complexity index is 1130. The van der Waals surface area contributed by atoms with Gasteiger partial charge >= 0.3 is 0 Å². The fourth-order valence-electron chi connectivity index (χ4n) is 3.13. The Hall–Kier alpha value is -2.85. The number of thiocarbonyl (C=S) groups is 1. The van der Waals surface area contributed by atoms with E-state index in [2.05, 4.69) is 16.0 Å². The number of aliphatic hydroxyl groups is 3. The second-order valence-electron chi connectivity index (χ2n) is 7.33. The van der Waals surface area contributed by atoms with Crippen molar-refractivity contribution >= 4 is 44.6 Å². The number of hydrogen-bond acceptors (Lipinski definition) is 9. The van der Waals surface area contributed by atoms with E-state index < -0.39 is 46.6 Å². The highest BCUT2D eigenvalue weighted by atomic mass is 32.2. The maximum absolute atomic E-state index is 12.7. The predicted octanol–water partition coefficient (Wildman–Crippen LogP) is -0.925. The minimum atomic E-state index is -3.85. The van der Waals surface area contributed by atoms with Crippen LogP contribution in [-0.4, -0.2) is 72.5 Å². The molecular weight excluding hydrogens is 488 g/mol. The van der Waals surface area contributed by atoms with Gasteiger partial charge in [-0.3, -0.25) is 4.79 Å². The third-order valence-corrected chi connectivity index (χ3v) is 6.09. The van der Waals surface area contributed by atoms with Gasteiger partial charge in [-0.1, -0.05) is 0 Å². The molecule has 0 saturated carbocycles. The molecule has 0 unspecified atom stereocenters. The zero-order valence-corrected chi connectivity index (χ0v) is 19.4. The molecule has 1 saturated heterocycles. The SMILES string of the molecule is COc1ccc(NC(=O)[C@H]2O[C@@H](NC(=S)Nc3ccc(S(N)(=O)=O)cc3)[C@H](O)[C@@H](O)[C@@H]2O)cc1. The first kappa shape index (κ1) is 25.8. The van der Waals surface area contributed by atoms with E-state index in [1.54, 1.807) is 24.3 Å². The smallest absolute Gasteiger partial charge is 0.256 e. The summed E-state index contributed by atoms with van der Waals surface area (Å²) in [5, 5.41) is 43.7. The van der Waals surface area contributed by atoms with Crippen LogP contribution in [0.15, 0.2) is 53.4 Å². The Labute approximate surface area is 200 Å². The van der Waals surface area contributed by atoms with Gasteiger partial charge in [-0.15, -0.1) is 0 Å². The summed E-state index contributed by atoms with van der Waals surface area (Å²) in [5.74, 6) is -0.178. The number of nitrogens with one attached hydrogen (secondary N) is 3. The van der Waals surface area contributed by atoms with Crippen LogP contribution >= 0.6 is 12.2 Å². The zero-order chi connectivity index (χ0) is 25.0. The molecule has 2 aromatic rings. The molecule has 1 fully saturated rings. The minimum Gasteiger partial charge on any atom is -0.497 e. The van der Waals surface area contributed by atoms with Crippen molar-refractivity contribution in [3.63, 3.8) is 0 Å². The summed E-state index contributed by atoms with van der Waals surface area (Å²) in [6, 6.07) is 11.8. The highest BCUT2D eigenvalue weighted by Crippen LogP contribution is 2.23. The summed E-state index contributed by atoms with van der Waals surface area (Å²) in [5.41, 5.74) is 0.788. The van der Waals surface area contributed by atoms with Gasteiger partial charge in [-0.2, -0.15) is 0 Å². The minimum absolute atomic E-state index is 0.0645. The number of carbonyl (C=O) groups is 1. The normalized spacial score (nSPS) is 24.7. The number of carbonyl (C=O) groups excluding carboxylic acids is 1. The number of aliphatic hydroxyl groups excluding tert-OH is 3. The monoisotopic (exact) mass is 512 g/mol. The standard InChI is InChI=1S/C20H24N4O8S2/c1-31-12-6-2-10(3-7-12)22-18(28)17-15(26)14(25)16(27)19(32-17)24-20(33)23-11-4-8-13(9-5-11)34(21,29)30/h2-9,14-17,19,25-27H,1H3,(H,22,28)(H2,21,29,30)(H2,23,24,33)/t14-,15-,16+,17-,19+/m0/s1. The van der Waals surface area contributed by atoms with Crippen LogP contribution in [0.25, 0.3) is 0 Å². The Morgan fingerprint density at radius 2 is 1.53 bits per heavy atom. The van der Waals surface area contributed by atoms with E-state index in [1.165, 1.54) is 31.4 Å². The second-order valence-corrected chi connectivity index (χ2v) is 9.30. The zero-order valence-electron chi connectivity index (χ0n) is 17.8. The summed E-state index contributed by atoms with van der Waals surface area (Å²) >= 11 is 5.16. The van der Waals surface area contributed by atoms with Gasteiger partial charge in [-0.05, 0) is 60.7 Å². The molecule has 1 amide bonds. The van der Waals surface area contributed by atoms with E-state index >= 15 is 0 Å². The first-order valence-corrected chi connectivity index (χ1v) is 11.8. The Balaban J connectivity index is 1.65. The lowest BCUT2D eigenvalue weighted by molar-refractivity contribution is -0.221. The number of methoxy groups -OCH3 is 1. The molecule has 8 N–H and O–H groups in total. The maximum Gasteiger partial charge on any atom is 0.256 e. The molecule has 0 spiro atoms. The van der Waals surface area contributed by atoms with Crippen LogP contribution in [0, 0.1) is 0 Å². The van der Waals surface area contributed by atoms with Gasteiger partial charge in [0, 0.05) is 11.4 Å². The van der Waals surface area contributed by atoms with Crippen molar-refractivity contribution in [3.8, 4) is 5.75 Å². The topological polar surface area (TPSA) is 192 Å². The lowest BCUT2D eigenvalue weighted by Crippen LogP contribution is -2.65. The first-order chi connectivity index (χ1) is 16.0. The third kappa shape index (κ3) is 6.18. The van der Waals surface area contributed by atoms with Crippen LogP contribution < -0.4 is 25.8 Å². The Kier molecular flexibility index (Phi) is 8.04. The van der Waals surface area contributed by atoms with E-state index in [4.69, 9.17) is 26.8 Å². The number of benzene rings is 2. The molecule has 3 rings (SSSR count). The maximum atomic E-state index is 12.7. The van der Waals surface area contributed by atoms with E-state index in [0.29, 0.717) is 17.1 Å². The largest absolute Gasteiger partial charge is 0.497 e. The number of primary sulfonamides is 1. The summed E-state index contributed by atoms with van der Waals surface area (Å²) in [6.07, 6.45) is -7.93. The number of amides is 1. The number of rotatable bonds is 6. The van der Waals surface area contributed by atoms with Gasteiger partial charge in [-0.25, -0.2) is 13.6 Å². The Morgan fingerprint density at radius 1 is 0.971 bits per heavy atom. The van der Waals surface area contributed by atoms with Crippen molar-refractivity contribution in [1.82, 2.24) is 5.32 Å². The molecule has 0 aromatic heterocycles. The molecule has 0 radical (unpaired) electrons. The van der Waals surface area contributed by atoms with Crippen molar-refractivity contribution in [2.75, 3.05) is 17.7 Å². The lowest BCUT2D eigenvalue weighted by atomic mass is 9.97. The predicted molar refractivity (Wildman–Crippen MR) is 125 cm³/mol. The third-order valence-electron chi connectivity index (χ3n) is 4.94. The summed E-state index contributed by atoms with van der Waals surface area (Å²) < 4.78 is 33.2. The molecule has 5 atom stereocenters. The van der Waals surface area contributed by atoms with Crippen LogP contribution in [0.1, 0.15) is 0 Å². The van der Waals surface area contributed by atoms with Crippen molar-refractivity contribution in [2.45, 2.75) is 35.5 Å². The molecule has 34 heavy (non-hydrogen) atoms. The van der Waals surface area contributed by atoms with E-state index in [0.717, 1.165) is 0 Å². The van der Waals surface area contributed by atoms with Crippen LogP contribution in [0.2, 0.25) is 0 Å². The number of hydrogen-bond donors (Lipinski definition) is 7. The van der Waals surface area contributed by atoms with E-state index in [1.807, 2.05) is 0 Å². The van der Waals surface area contributed by atoms with E-state index in [-0.39, 0.29) is 10.0 Å². The van der Waals surface area contributed by atoms with Gasteiger partial charge in [0.15, 0.2) is 17.4 Å². The average molecular weight is 513 g/mol. The van der Waals surface area contributed by atoms with Crippen LogP contribution in [-0.2, 0) is 19.6 Å². The molecule has 0 aliphatic carbocycles. The van der Waals surface area contributed by atoms with Crippen molar-refractivity contribution in [2.24, 2.45) is 5.14 Å². The Morgan fingerprint density at radius 3 is 2.09 bits per heavy atom. The van der Waals surface area contributed by atoms with Gasteiger partial charge in [0.2, 0.25) is 10.0 Å². The van der Waals surface area contributed by atoms with Crippen LogP contribution in [0.5, 0.6) is 5.75 Å². The number of sulfonamides is 1. The van der Waals surface area contributed by atoms with Crippen molar-refractivity contribution in [3.05, 3.63) is 48.5 Å². The summed E-state index contributed by atoms with van der Waals surface area (Å²) in [4.78, 5) is 12.6. The molecule has 14 heteroatoms. The first-order valence-electron chi connectivity index (χ1n) is 9.84. The quantitative estimate of drug-likeness (QED) is 0.237. The second kappa shape index (κ2) is 10.6. The molecule has 1 heterocycles. The van der Waals surface area contributed by atoms with Crippen molar-refractivity contribution < 1.29 is 38.0 Å². The number of ether oxygens (including phenoxy) is 2. The molecule has 2 aromatic carbocycles. The molecule has 1 aliphatic rings. The van der Waals surface area contributed by atoms with Crippen LogP contribution in [0.4, 0.5) is 11.4 Å². The fraction of sp³-hybridized carbons (Fsp3) is 0.300. The fourth-order valence-corrected chi connectivity index (χ4v) is 3.88. The highest BCUT2D eigenvalue weighted by molar-refractivity contribution is 7.89. The number of nitrogens with two attached hydrogens (primary N) is 1. The molecular formula is C20H24N4O8S2. The summed E-state index contributed by atoms with van der Waals surface area (Å²) in [6.45, 7) is 0. The lowest BCUT2D eigenvalue weighted by Gasteiger charge is -2.40. The average Bonchev–Trinajstić information content (AvgIpc) is 2.79. The van der Waals surface area contributed by atoms with Crippen LogP contribution in [0.3, 0.4) is 0 Å². The van der Waals surface area contributed by atoms with Gasteiger partial charge in [0.25, 0.3) is 5.91 Å². The van der Waals surface area contributed by atoms with E-state index in [9.17, 15) is 28.5 Å². The molecule has 1 aliphatic heterocycles. The number of anilines is 2. The van der Waals surface area contributed by atoms with Crippen molar-refractivity contribution in [1.29, 1.82) is 0 Å². The van der Waals surface area contributed by atoms with Gasteiger partial charge in [0.1, 0.15) is 24.1 Å². The van der Waals surface area contributed by atoms with Gasteiger partial charge < -0.3 is 40.7 Å². The molecule has 184 valence electrons. The molecule has 0 bridgehead atoms. The summed E-state index contributed by atoms with van der Waals surface area (Å²) in [7, 11) is -2.36.